The summed E-state index contributed by atoms with van der Waals surface area (Å²) in [7, 11) is 0. The van der Waals surface area contributed by atoms with Crippen molar-refractivity contribution in [2.45, 2.75) is 6.92 Å². The van der Waals surface area contributed by atoms with Crippen LogP contribution in [0.25, 0.3) is 6.08 Å². The molecule has 112 valence electrons. The summed E-state index contributed by atoms with van der Waals surface area (Å²) in [4.78, 5) is 12.1. The third-order valence-corrected chi connectivity index (χ3v) is 3.07. The fraction of sp³-hybridized carbons (Fsp3) is 0.125. The first-order valence-electron chi connectivity index (χ1n) is 6.53. The van der Waals surface area contributed by atoms with Gasteiger partial charge in [-0.25, -0.2) is 0 Å². The molecule has 5 nitrogen and oxygen atoms in total. The van der Waals surface area contributed by atoms with Crippen LogP contribution in [-0.4, -0.2) is 12.5 Å². The molecule has 1 heterocycles. The molecule has 0 atom stereocenters. The van der Waals surface area contributed by atoms with Crippen LogP contribution in [0.5, 0.6) is 5.75 Å². The third-order valence-electron chi connectivity index (χ3n) is 2.65. The second-order valence-electron chi connectivity index (χ2n) is 4.23. The first-order chi connectivity index (χ1) is 10.6. The van der Waals surface area contributed by atoms with E-state index in [1.165, 1.54) is 6.08 Å². The summed E-state index contributed by atoms with van der Waals surface area (Å²) in [6.45, 7) is 2.41. The van der Waals surface area contributed by atoms with Crippen molar-refractivity contribution in [3.8, 4) is 11.8 Å². The van der Waals surface area contributed by atoms with Crippen LogP contribution in [0.4, 0.5) is 5.69 Å². The number of rotatable bonds is 5. The zero-order chi connectivity index (χ0) is 15.9. The Balaban J connectivity index is 2.14. The molecule has 1 N–H and O–H groups in total. The Morgan fingerprint density at radius 3 is 2.91 bits per heavy atom. The first kappa shape index (κ1) is 15.9. The lowest BCUT2D eigenvalue weighted by Crippen LogP contribution is -2.13. The average Bonchev–Trinajstić information content (AvgIpc) is 2.90. The highest BCUT2D eigenvalue weighted by molar-refractivity contribution is 9.10. The molecule has 0 saturated carbocycles. The van der Waals surface area contributed by atoms with Gasteiger partial charge in [0.15, 0.2) is 4.67 Å². The molecule has 0 aliphatic carbocycles. The second kappa shape index (κ2) is 7.48. The molecular formula is C16H13BrN2O3. The van der Waals surface area contributed by atoms with E-state index >= 15 is 0 Å². The van der Waals surface area contributed by atoms with Crippen molar-refractivity contribution >= 4 is 33.6 Å². The summed E-state index contributed by atoms with van der Waals surface area (Å²) in [5.74, 6) is 0.558. The minimum atomic E-state index is -0.510. The molecule has 0 saturated heterocycles. The fourth-order valence-electron chi connectivity index (χ4n) is 1.73. The molecule has 22 heavy (non-hydrogen) atoms. The molecular weight excluding hydrogens is 348 g/mol. The van der Waals surface area contributed by atoms with Crippen LogP contribution >= 0.6 is 15.9 Å². The quantitative estimate of drug-likeness (QED) is 0.646. The van der Waals surface area contributed by atoms with E-state index in [-0.39, 0.29) is 5.57 Å². The number of nitriles is 1. The molecule has 1 aromatic carbocycles. The van der Waals surface area contributed by atoms with Crippen LogP contribution in [0.3, 0.4) is 0 Å². The number of furan rings is 1. The van der Waals surface area contributed by atoms with Crippen LogP contribution < -0.4 is 10.1 Å². The summed E-state index contributed by atoms with van der Waals surface area (Å²) >= 11 is 3.16. The van der Waals surface area contributed by atoms with Gasteiger partial charge in [-0.2, -0.15) is 5.26 Å². The minimum absolute atomic E-state index is 0.0522. The molecule has 0 aliphatic rings. The van der Waals surface area contributed by atoms with Crippen LogP contribution in [0, 0.1) is 11.3 Å². The van der Waals surface area contributed by atoms with Gasteiger partial charge in [0.1, 0.15) is 23.2 Å². The van der Waals surface area contributed by atoms with E-state index in [0.29, 0.717) is 28.5 Å². The van der Waals surface area contributed by atoms with Gasteiger partial charge in [-0.3, -0.25) is 4.79 Å². The zero-order valence-electron chi connectivity index (χ0n) is 11.8. The summed E-state index contributed by atoms with van der Waals surface area (Å²) in [5.41, 5.74) is 0.501. The molecule has 0 unspecified atom stereocenters. The summed E-state index contributed by atoms with van der Waals surface area (Å²) in [5, 5.41) is 11.8. The Hall–Kier alpha value is -2.52. The number of halogens is 1. The zero-order valence-corrected chi connectivity index (χ0v) is 13.4. The van der Waals surface area contributed by atoms with Crippen LogP contribution in [-0.2, 0) is 4.79 Å². The topological polar surface area (TPSA) is 75.3 Å². The molecule has 0 spiro atoms. The van der Waals surface area contributed by atoms with E-state index in [1.807, 2.05) is 13.0 Å². The van der Waals surface area contributed by atoms with Crippen molar-refractivity contribution in [1.82, 2.24) is 0 Å². The van der Waals surface area contributed by atoms with E-state index in [1.54, 1.807) is 36.4 Å². The molecule has 1 amide bonds. The number of anilines is 1. The lowest BCUT2D eigenvalue weighted by molar-refractivity contribution is -0.112. The van der Waals surface area contributed by atoms with Crippen molar-refractivity contribution in [3.63, 3.8) is 0 Å². The Bertz CT molecular complexity index is 744. The van der Waals surface area contributed by atoms with Gasteiger partial charge in [0, 0.05) is 17.8 Å². The predicted molar refractivity (Wildman–Crippen MR) is 86.2 cm³/mol. The molecule has 0 fully saturated rings. The van der Waals surface area contributed by atoms with Crippen LogP contribution in [0.15, 0.2) is 51.1 Å². The van der Waals surface area contributed by atoms with Crippen molar-refractivity contribution < 1.29 is 13.9 Å². The number of ether oxygens (including phenoxy) is 1. The number of nitrogens with one attached hydrogen (secondary N) is 1. The van der Waals surface area contributed by atoms with Crippen molar-refractivity contribution in [2.24, 2.45) is 0 Å². The van der Waals surface area contributed by atoms with Crippen molar-refractivity contribution in [1.29, 1.82) is 5.26 Å². The normalized spacial score (nSPS) is 10.9. The second-order valence-corrected chi connectivity index (χ2v) is 5.01. The molecule has 0 aliphatic heterocycles. The number of benzene rings is 1. The number of nitrogens with zero attached hydrogens (tertiary/aromatic N) is 1. The van der Waals surface area contributed by atoms with Crippen LogP contribution in [0.1, 0.15) is 12.7 Å². The van der Waals surface area contributed by atoms with E-state index in [9.17, 15) is 4.79 Å². The molecule has 0 radical (unpaired) electrons. The lowest BCUT2D eigenvalue weighted by Gasteiger charge is -2.07. The van der Waals surface area contributed by atoms with E-state index in [2.05, 4.69) is 21.2 Å². The first-order valence-corrected chi connectivity index (χ1v) is 7.33. The standard InChI is InChI=1S/C16H13BrN2O3/c1-2-21-13-5-3-4-12(9-13)19-16(20)11(10-18)8-14-6-7-15(17)22-14/h3-9H,2H2,1H3,(H,19,20). The Labute approximate surface area is 136 Å². The lowest BCUT2D eigenvalue weighted by atomic mass is 10.2. The van der Waals surface area contributed by atoms with Crippen molar-refractivity contribution in [2.75, 3.05) is 11.9 Å². The van der Waals surface area contributed by atoms with E-state index in [0.717, 1.165) is 0 Å². The Morgan fingerprint density at radius 2 is 2.27 bits per heavy atom. The number of hydrogen-bond acceptors (Lipinski definition) is 4. The monoisotopic (exact) mass is 360 g/mol. The fourth-order valence-corrected chi connectivity index (χ4v) is 2.04. The summed E-state index contributed by atoms with van der Waals surface area (Å²) in [6, 6.07) is 12.2. The molecule has 1 aromatic heterocycles. The highest BCUT2D eigenvalue weighted by Crippen LogP contribution is 2.19. The number of carbonyl (C=O) groups is 1. The Kier molecular flexibility index (Phi) is 5.39. The molecule has 6 heteroatoms. The minimum Gasteiger partial charge on any atom is -0.494 e. The number of hydrogen-bond donors (Lipinski definition) is 1. The van der Waals surface area contributed by atoms with Gasteiger partial charge in [0.05, 0.1) is 6.61 Å². The summed E-state index contributed by atoms with van der Waals surface area (Å²) < 4.78 is 11.1. The largest absolute Gasteiger partial charge is 0.494 e. The number of amides is 1. The van der Waals surface area contributed by atoms with E-state index < -0.39 is 5.91 Å². The predicted octanol–water partition coefficient (Wildman–Crippen LogP) is 3.99. The van der Waals surface area contributed by atoms with Gasteiger partial charge < -0.3 is 14.5 Å². The highest BCUT2D eigenvalue weighted by Gasteiger charge is 2.11. The molecule has 2 aromatic rings. The van der Waals surface area contributed by atoms with Gasteiger partial charge in [0.25, 0.3) is 5.91 Å². The maximum absolute atomic E-state index is 12.1. The highest BCUT2D eigenvalue weighted by atomic mass is 79.9. The van der Waals surface area contributed by atoms with E-state index in [4.69, 9.17) is 14.4 Å². The third kappa shape index (κ3) is 4.24. The maximum Gasteiger partial charge on any atom is 0.266 e. The average molecular weight is 361 g/mol. The Morgan fingerprint density at radius 1 is 1.45 bits per heavy atom. The molecule has 2 rings (SSSR count). The van der Waals surface area contributed by atoms with Gasteiger partial charge in [-0.05, 0) is 47.1 Å². The van der Waals surface area contributed by atoms with Gasteiger partial charge >= 0.3 is 0 Å². The number of carbonyl (C=O) groups excluding carboxylic acids is 1. The van der Waals surface area contributed by atoms with Crippen molar-refractivity contribution in [3.05, 3.63) is 52.4 Å². The summed E-state index contributed by atoms with van der Waals surface area (Å²) in [6.07, 6.45) is 1.38. The smallest absolute Gasteiger partial charge is 0.266 e. The maximum atomic E-state index is 12.1. The molecule has 0 bridgehead atoms. The SMILES string of the molecule is CCOc1cccc(NC(=O)C(C#N)=Cc2ccc(Br)o2)c1. The van der Waals surface area contributed by atoms with Gasteiger partial charge in [-0.1, -0.05) is 6.07 Å². The van der Waals surface area contributed by atoms with Gasteiger partial charge in [-0.15, -0.1) is 0 Å². The van der Waals surface area contributed by atoms with Gasteiger partial charge in [0.2, 0.25) is 0 Å². The van der Waals surface area contributed by atoms with Crippen LogP contribution in [0.2, 0.25) is 0 Å².